The number of methoxy groups -OCH3 is 1. The number of hydrogen-bond donors (Lipinski definition) is 1. The Morgan fingerprint density at radius 1 is 1.44 bits per heavy atom. The molecule has 0 aromatic heterocycles. The van der Waals surface area contributed by atoms with Gasteiger partial charge in [-0.25, -0.2) is 0 Å². The Morgan fingerprint density at radius 3 is 2.72 bits per heavy atom. The first-order valence-electron chi connectivity index (χ1n) is 6.14. The number of benzene rings is 1. The minimum Gasteiger partial charge on any atom is -0.496 e. The Kier molecular flexibility index (Phi) is 3.81. The highest BCUT2D eigenvalue weighted by atomic mass is 16.6. The standard InChI is InChI=1S/C13H18N2O3/c1-9-3-11(4-9)14-8-10-5-12(15(16)17)7-13(6-10)18-2/h5-7,9,11,14H,3-4,8H2,1-2H3. The molecule has 18 heavy (non-hydrogen) atoms. The quantitative estimate of drug-likeness (QED) is 0.644. The molecular formula is C13H18N2O3. The van der Waals surface area contributed by atoms with Crippen molar-refractivity contribution in [1.29, 1.82) is 0 Å². The van der Waals surface area contributed by atoms with Crippen LogP contribution < -0.4 is 10.1 Å². The molecule has 1 N–H and O–H groups in total. The second-order valence-corrected chi connectivity index (χ2v) is 4.95. The Hall–Kier alpha value is -1.62. The average Bonchev–Trinajstić information content (AvgIpc) is 2.32. The fourth-order valence-corrected chi connectivity index (χ4v) is 2.30. The van der Waals surface area contributed by atoms with E-state index < -0.39 is 4.92 Å². The van der Waals surface area contributed by atoms with E-state index in [2.05, 4.69) is 12.2 Å². The normalized spacial score (nSPS) is 22.3. The summed E-state index contributed by atoms with van der Waals surface area (Å²) in [4.78, 5) is 10.4. The second kappa shape index (κ2) is 5.35. The van der Waals surface area contributed by atoms with Crippen molar-refractivity contribution in [2.24, 2.45) is 5.92 Å². The van der Waals surface area contributed by atoms with Crippen molar-refractivity contribution in [3.8, 4) is 5.75 Å². The molecule has 1 aromatic rings. The maximum Gasteiger partial charge on any atom is 0.273 e. The number of rotatable bonds is 5. The molecule has 0 saturated heterocycles. The van der Waals surface area contributed by atoms with Gasteiger partial charge in [0.25, 0.3) is 5.69 Å². The van der Waals surface area contributed by atoms with Gasteiger partial charge < -0.3 is 10.1 Å². The van der Waals surface area contributed by atoms with Gasteiger partial charge in [-0.1, -0.05) is 6.92 Å². The monoisotopic (exact) mass is 250 g/mol. The molecule has 0 spiro atoms. The maximum absolute atomic E-state index is 10.8. The van der Waals surface area contributed by atoms with Crippen LogP contribution >= 0.6 is 0 Å². The Bertz CT molecular complexity index is 442. The Balaban J connectivity index is 2.02. The number of hydrogen-bond acceptors (Lipinski definition) is 4. The van der Waals surface area contributed by atoms with Crippen molar-refractivity contribution in [2.45, 2.75) is 32.4 Å². The lowest BCUT2D eigenvalue weighted by Gasteiger charge is -2.33. The Morgan fingerprint density at radius 2 is 2.17 bits per heavy atom. The smallest absolute Gasteiger partial charge is 0.273 e. The lowest BCUT2D eigenvalue weighted by molar-refractivity contribution is -0.385. The van der Waals surface area contributed by atoms with Crippen molar-refractivity contribution in [1.82, 2.24) is 5.32 Å². The van der Waals surface area contributed by atoms with E-state index in [1.807, 2.05) is 6.07 Å². The molecule has 2 rings (SSSR count). The van der Waals surface area contributed by atoms with E-state index in [1.54, 1.807) is 6.07 Å². The first-order chi connectivity index (χ1) is 8.58. The van der Waals surface area contributed by atoms with Crippen LogP contribution in [-0.2, 0) is 6.54 Å². The van der Waals surface area contributed by atoms with Crippen LogP contribution in [0.5, 0.6) is 5.75 Å². The number of nitro groups is 1. The van der Waals surface area contributed by atoms with Gasteiger partial charge >= 0.3 is 0 Å². The number of nitrogens with one attached hydrogen (secondary N) is 1. The summed E-state index contributed by atoms with van der Waals surface area (Å²) in [7, 11) is 1.52. The van der Waals surface area contributed by atoms with Gasteiger partial charge in [0.2, 0.25) is 0 Å². The van der Waals surface area contributed by atoms with Crippen LogP contribution in [0.25, 0.3) is 0 Å². The molecule has 1 saturated carbocycles. The number of non-ortho nitro benzene ring substituents is 1. The average molecular weight is 250 g/mol. The highest BCUT2D eigenvalue weighted by Crippen LogP contribution is 2.27. The van der Waals surface area contributed by atoms with E-state index in [9.17, 15) is 10.1 Å². The summed E-state index contributed by atoms with van der Waals surface area (Å²) in [5.74, 6) is 1.32. The van der Waals surface area contributed by atoms with Gasteiger partial charge in [0.1, 0.15) is 5.75 Å². The van der Waals surface area contributed by atoms with Crippen LogP contribution in [0.2, 0.25) is 0 Å². The molecule has 5 heteroatoms. The summed E-state index contributed by atoms with van der Waals surface area (Å²) in [6.45, 7) is 2.88. The molecule has 0 atom stereocenters. The van der Waals surface area contributed by atoms with E-state index in [0.29, 0.717) is 18.3 Å². The van der Waals surface area contributed by atoms with Gasteiger partial charge in [0, 0.05) is 18.7 Å². The minimum absolute atomic E-state index is 0.0770. The molecule has 1 aliphatic rings. The van der Waals surface area contributed by atoms with Gasteiger partial charge in [0.05, 0.1) is 18.1 Å². The van der Waals surface area contributed by atoms with Crippen LogP contribution in [-0.4, -0.2) is 18.1 Å². The van der Waals surface area contributed by atoms with Crippen molar-refractivity contribution in [3.05, 3.63) is 33.9 Å². The van der Waals surface area contributed by atoms with E-state index >= 15 is 0 Å². The zero-order valence-electron chi connectivity index (χ0n) is 10.7. The molecule has 1 aromatic carbocycles. The van der Waals surface area contributed by atoms with E-state index in [1.165, 1.54) is 26.0 Å². The third-order valence-electron chi connectivity index (χ3n) is 3.37. The third kappa shape index (κ3) is 2.98. The molecular weight excluding hydrogens is 232 g/mol. The van der Waals surface area contributed by atoms with Crippen molar-refractivity contribution in [3.63, 3.8) is 0 Å². The summed E-state index contributed by atoms with van der Waals surface area (Å²) in [5, 5.41) is 14.2. The molecule has 0 unspecified atom stereocenters. The highest BCUT2D eigenvalue weighted by molar-refractivity contribution is 5.42. The molecule has 1 fully saturated rings. The summed E-state index contributed by atoms with van der Waals surface area (Å²) in [6.07, 6.45) is 2.37. The minimum atomic E-state index is -0.391. The van der Waals surface area contributed by atoms with Crippen LogP contribution in [0.15, 0.2) is 18.2 Å². The zero-order chi connectivity index (χ0) is 13.1. The molecule has 0 bridgehead atoms. The second-order valence-electron chi connectivity index (χ2n) is 4.95. The van der Waals surface area contributed by atoms with Gasteiger partial charge in [-0.05, 0) is 30.4 Å². The number of nitro benzene ring substituents is 1. The lowest BCUT2D eigenvalue weighted by atomic mass is 9.82. The summed E-state index contributed by atoms with van der Waals surface area (Å²) in [5.41, 5.74) is 0.966. The molecule has 0 aliphatic heterocycles. The van der Waals surface area contributed by atoms with Gasteiger partial charge in [0.15, 0.2) is 0 Å². The number of nitrogens with zero attached hydrogens (tertiary/aromatic N) is 1. The fourth-order valence-electron chi connectivity index (χ4n) is 2.30. The maximum atomic E-state index is 10.8. The summed E-state index contributed by atoms with van der Waals surface area (Å²) < 4.78 is 5.08. The SMILES string of the molecule is COc1cc(CNC2CC(C)C2)cc([N+](=O)[O-])c1. The van der Waals surface area contributed by atoms with Crippen LogP contribution in [0.3, 0.4) is 0 Å². The van der Waals surface area contributed by atoms with Crippen molar-refractivity contribution < 1.29 is 9.66 Å². The van der Waals surface area contributed by atoms with E-state index in [-0.39, 0.29) is 5.69 Å². The molecule has 0 amide bonds. The zero-order valence-corrected chi connectivity index (χ0v) is 10.7. The molecule has 1 aliphatic carbocycles. The van der Waals surface area contributed by atoms with Gasteiger partial charge in [-0.2, -0.15) is 0 Å². The summed E-state index contributed by atoms with van der Waals surface area (Å²) in [6, 6.07) is 5.42. The van der Waals surface area contributed by atoms with Crippen LogP contribution in [0, 0.1) is 16.0 Å². The van der Waals surface area contributed by atoms with Crippen LogP contribution in [0.1, 0.15) is 25.3 Å². The lowest BCUT2D eigenvalue weighted by Crippen LogP contribution is -2.39. The predicted octanol–water partition coefficient (Wildman–Crippen LogP) is 2.49. The van der Waals surface area contributed by atoms with Crippen molar-refractivity contribution >= 4 is 5.69 Å². The molecule has 0 radical (unpaired) electrons. The first-order valence-corrected chi connectivity index (χ1v) is 6.14. The topological polar surface area (TPSA) is 64.4 Å². The molecule has 0 heterocycles. The van der Waals surface area contributed by atoms with Gasteiger partial charge in [-0.3, -0.25) is 10.1 Å². The van der Waals surface area contributed by atoms with Gasteiger partial charge in [-0.15, -0.1) is 0 Å². The highest BCUT2D eigenvalue weighted by Gasteiger charge is 2.24. The van der Waals surface area contributed by atoms with E-state index in [4.69, 9.17) is 4.74 Å². The Labute approximate surface area is 106 Å². The van der Waals surface area contributed by atoms with Crippen LogP contribution in [0.4, 0.5) is 5.69 Å². The van der Waals surface area contributed by atoms with E-state index in [0.717, 1.165) is 11.5 Å². The third-order valence-corrected chi connectivity index (χ3v) is 3.37. The largest absolute Gasteiger partial charge is 0.496 e. The summed E-state index contributed by atoms with van der Waals surface area (Å²) >= 11 is 0. The fraction of sp³-hybridized carbons (Fsp3) is 0.538. The molecule has 5 nitrogen and oxygen atoms in total. The van der Waals surface area contributed by atoms with Crippen molar-refractivity contribution in [2.75, 3.05) is 7.11 Å². The number of ether oxygens (including phenoxy) is 1. The first kappa shape index (κ1) is 12.8. The molecule has 98 valence electrons. The predicted molar refractivity (Wildman–Crippen MR) is 68.7 cm³/mol.